The lowest BCUT2D eigenvalue weighted by molar-refractivity contribution is -0.123. The standard InChI is InChI=1S/C19H25N3O2/c1-14-7-9-22(17(10-14)18-6-5-15(2)24-18)13-19(23)21-12-16-4-3-8-20-11-16/h3-6,8,11,14,17H,7,9-10,12-13H2,1-2H3,(H,21,23)/t14-,17+/m0/s1. The number of hydrogen-bond acceptors (Lipinski definition) is 4. The van der Waals surface area contributed by atoms with Crippen LogP contribution in [-0.4, -0.2) is 28.9 Å². The molecule has 3 rings (SSSR count). The van der Waals surface area contributed by atoms with Gasteiger partial charge in [0, 0.05) is 18.9 Å². The molecule has 0 radical (unpaired) electrons. The maximum Gasteiger partial charge on any atom is 0.234 e. The molecule has 2 aromatic rings. The van der Waals surface area contributed by atoms with Crippen molar-refractivity contribution in [3.05, 3.63) is 53.7 Å². The first-order chi connectivity index (χ1) is 11.6. The molecule has 1 saturated heterocycles. The molecule has 0 aromatic carbocycles. The van der Waals surface area contributed by atoms with Crippen LogP contribution >= 0.6 is 0 Å². The van der Waals surface area contributed by atoms with E-state index >= 15 is 0 Å². The fourth-order valence-electron chi connectivity index (χ4n) is 3.25. The van der Waals surface area contributed by atoms with E-state index in [-0.39, 0.29) is 11.9 Å². The van der Waals surface area contributed by atoms with Crippen LogP contribution in [0.5, 0.6) is 0 Å². The Bertz CT molecular complexity index is 668. The highest BCUT2D eigenvalue weighted by Gasteiger charge is 2.30. The van der Waals surface area contributed by atoms with Crippen molar-refractivity contribution in [3.63, 3.8) is 0 Å². The average Bonchev–Trinajstić information content (AvgIpc) is 3.02. The van der Waals surface area contributed by atoms with Crippen LogP contribution in [0.25, 0.3) is 0 Å². The molecule has 0 aliphatic carbocycles. The predicted molar refractivity (Wildman–Crippen MR) is 92.2 cm³/mol. The fraction of sp³-hybridized carbons (Fsp3) is 0.474. The van der Waals surface area contributed by atoms with Crippen LogP contribution in [0.3, 0.4) is 0 Å². The number of furan rings is 1. The zero-order valence-corrected chi connectivity index (χ0v) is 14.4. The van der Waals surface area contributed by atoms with Crippen molar-refractivity contribution in [3.8, 4) is 0 Å². The molecule has 0 unspecified atom stereocenters. The van der Waals surface area contributed by atoms with Gasteiger partial charge in [0.1, 0.15) is 11.5 Å². The van der Waals surface area contributed by atoms with Gasteiger partial charge in [-0.1, -0.05) is 13.0 Å². The van der Waals surface area contributed by atoms with Crippen LogP contribution in [0, 0.1) is 12.8 Å². The van der Waals surface area contributed by atoms with E-state index in [0.29, 0.717) is 19.0 Å². The van der Waals surface area contributed by atoms with Gasteiger partial charge in [-0.05, 0) is 56.0 Å². The molecule has 2 aromatic heterocycles. The summed E-state index contributed by atoms with van der Waals surface area (Å²) in [7, 11) is 0. The number of amides is 1. The molecule has 128 valence electrons. The highest BCUT2D eigenvalue weighted by Crippen LogP contribution is 2.34. The minimum atomic E-state index is 0.0432. The molecule has 1 N–H and O–H groups in total. The third-order valence-corrected chi connectivity index (χ3v) is 4.62. The molecule has 3 heterocycles. The number of piperidine rings is 1. The third-order valence-electron chi connectivity index (χ3n) is 4.62. The van der Waals surface area contributed by atoms with Crippen LogP contribution < -0.4 is 5.32 Å². The van der Waals surface area contributed by atoms with Gasteiger partial charge in [0.15, 0.2) is 0 Å². The van der Waals surface area contributed by atoms with E-state index in [4.69, 9.17) is 4.42 Å². The Morgan fingerprint density at radius 3 is 3.00 bits per heavy atom. The average molecular weight is 327 g/mol. The van der Waals surface area contributed by atoms with Crippen molar-refractivity contribution in [1.29, 1.82) is 0 Å². The first-order valence-corrected chi connectivity index (χ1v) is 8.58. The summed E-state index contributed by atoms with van der Waals surface area (Å²) in [6.45, 7) is 6.06. The number of nitrogens with zero attached hydrogens (tertiary/aromatic N) is 2. The van der Waals surface area contributed by atoms with E-state index in [1.807, 2.05) is 31.2 Å². The van der Waals surface area contributed by atoms with E-state index in [0.717, 1.165) is 36.5 Å². The molecular weight excluding hydrogens is 302 g/mol. The van der Waals surface area contributed by atoms with Gasteiger partial charge in [0.05, 0.1) is 12.6 Å². The van der Waals surface area contributed by atoms with Crippen molar-refractivity contribution in [2.75, 3.05) is 13.1 Å². The second-order valence-electron chi connectivity index (χ2n) is 6.70. The van der Waals surface area contributed by atoms with Crippen LogP contribution in [0.1, 0.15) is 42.9 Å². The quantitative estimate of drug-likeness (QED) is 0.917. The van der Waals surface area contributed by atoms with E-state index in [9.17, 15) is 4.79 Å². The highest BCUT2D eigenvalue weighted by atomic mass is 16.3. The van der Waals surface area contributed by atoms with E-state index < -0.39 is 0 Å². The van der Waals surface area contributed by atoms with E-state index in [2.05, 4.69) is 22.1 Å². The zero-order valence-electron chi connectivity index (χ0n) is 14.4. The number of likely N-dealkylation sites (tertiary alicyclic amines) is 1. The maximum atomic E-state index is 12.3. The first-order valence-electron chi connectivity index (χ1n) is 8.58. The Labute approximate surface area is 143 Å². The molecule has 0 saturated carbocycles. The minimum Gasteiger partial charge on any atom is -0.465 e. The van der Waals surface area contributed by atoms with Crippen molar-refractivity contribution < 1.29 is 9.21 Å². The van der Waals surface area contributed by atoms with Gasteiger partial charge in [-0.3, -0.25) is 14.7 Å². The summed E-state index contributed by atoms with van der Waals surface area (Å²) < 4.78 is 5.83. The van der Waals surface area contributed by atoms with Gasteiger partial charge >= 0.3 is 0 Å². The summed E-state index contributed by atoms with van der Waals surface area (Å²) in [6.07, 6.45) is 5.66. The van der Waals surface area contributed by atoms with Gasteiger partial charge < -0.3 is 9.73 Å². The van der Waals surface area contributed by atoms with Crippen molar-refractivity contribution >= 4 is 5.91 Å². The Hall–Kier alpha value is -2.14. The second-order valence-corrected chi connectivity index (χ2v) is 6.70. The van der Waals surface area contributed by atoms with Crippen LogP contribution in [-0.2, 0) is 11.3 Å². The molecule has 1 aliphatic rings. The number of aryl methyl sites for hydroxylation is 1. The van der Waals surface area contributed by atoms with Crippen molar-refractivity contribution in [2.45, 2.75) is 39.3 Å². The largest absolute Gasteiger partial charge is 0.465 e. The number of carbonyl (C=O) groups excluding carboxylic acids is 1. The van der Waals surface area contributed by atoms with Gasteiger partial charge in [-0.2, -0.15) is 0 Å². The smallest absolute Gasteiger partial charge is 0.234 e. The highest BCUT2D eigenvalue weighted by molar-refractivity contribution is 5.78. The Kier molecular flexibility index (Phi) is 5.30. The number of hydrogen-bond donors (Lipinski definition) is 1. The number of aromatic nitrogens is 1. The summed E-state index contributed by atoms with van der Waals surface area (Å²) in [5.74, 6) is 2.58. The second kappa shape index (κ2) is 7.62. The summed E-state index contributed by atoms with van der Waals surface area (Å²) in [5.41, 5.74) is 1.01. The van der Waals surface area contributed by atoms with Gasteiger partial charge in [-0.25, -0.2) is 0 Å². The van der Waals surface area contributed by atoms with E-state index in [1.165, 1.54) is 0 Å². The Balaban J connectivity index is 1.60. The van der Waals surface area contributed by atoms with Crippen molar-refractivity contribution in [2.24, 2.45) is 5.92 Å². The summed E-state index contributed by atoms with van der Waals surface area (Å²) in [4.78, 5) is 18.6. The van der Waals surface area contributed by atoms with Gasteiger partial charge in [0.2, 0.25) is 5.91 Å². The molecule has 24 heavy (non-hydrogen) atoms. The molecule has 0 spiro atoms. The van der Waals surface area contributed by atoms with Crippen LogP contribution in [0.15, 0.2) is 41.1 Å². The number of nitrogens with one attached hydrogen (secondary N) is 1. The van der Waals surface area contributed by atoms with E-state index in [1.54, 1.807) is 12.4 Å². The SMILES string of the molecule is Cc1ccc([C@H]2C[C@@H](C)CCN2CC(=O)NCc2cccnc2)o1. The number of pyridine rings is 1. The molecule has 1 fully saturated rings. The minimum absolute atomic E-state index is 0.0432. The third kappa shape index (κ3) is 4.23. The summed E-state index contributed by atoms with van der Waals surface area (Å²) in [6, 6.07) is 8.06. The lowest BCUT2D eigenvalue weighted by Gasteiger charge is -2.36. The summed E-state index contributed by atoms with van der Waals surface area (Å²) >= 11 is 0. The predicted octanol–water partition coefficient (Wildman–Crippen LogP) is 3.07. The lowest BCUT2D eigenvalue weighted by Crippen LogP contribution is -2.42. The summed E-state index contributed by atoms with van der Waals surface area (Å²) in [5, 5.41) is 2.98. The molecule has 5 heteroatoms. The van der Waals surface area contributed by atoms with Gasteiger partial charge in [-0.15, -0.1) is 0 Å². The monoisotopic (exact) mass is 327 g/mol. The van der Waals surface area contributed by atoms with Crippen LogP contribution in [0.2, 0.25) is 0 Å². The zero-order chi connectivity index (χ0) is 16.9. The molecule has 2 atom stereocenters. The molecule has 1 amide bonds. The molecule has 5 nitrogen and oxygen atoms in total. The molecule has 0 bridgehead atoms. The Morgan fingerprint density at radius 1 is 1.42 bits per heavy atom. The molecule has 1 aliphatic heterocycles. The first kappa shape index (κ1) is 16.7. The maximum absolute atomic E-state index is 12.3. The number of rotatable bonds is 5. The van der Waals surface area contributed by atoms with Gasteiger partial charge in [0.25, 0.3) is 0 Å². The van der Waals surface area contributed by atoms with Crippen LogP contribution in [0.4, 0.5) is 0 Å². The Morgan fingerprint density at radius 2 is 2.29 bits per heavy atom. The molecular formula is C19H25N3O2. The topological polar surface area (TPSA) is 58.4 Å². The lowest BCUT2D eigenvalue weighted by atomic mass is 9.91. The number of carbonyl (C=O) groups is 1. The fourth-order valence-corrected chi connectivity index (χ4v) is 3.25. The van der Waals surface area contributed by atoms with Crippen molar-refractivity contribution in [1.82, 2.24) is 15.2 Å². The normalized spacial score (nSPS) is 21.6.